The third-order valence-electron chi connectivity index (χ3n) is 3.68. The van der Waals surface area contributed by atoms with E-state index in [2.05, 4.69) is 24.3 Å². The number of nitrogens with zero attached hydrogens (tertiary/aromatic N) is 2. The van der Waals surface area contributed by atoms with Gasteiger partial charge in [-0.15, -0.1) is 0 Å². The molecule has 0 fully saturated rings. The van der Waals surface area contributed by atoms with E-state index >= 15 is 0 Å². The van der Waals surface area contributed by atoms with Crippen LogP contribution < -0.4 is 0 Å². The van der Waals surface area contributed by atoms with E-state index in [0.717, 1.165) is 40.4 Å². The van der Waals surface area contributed by atoms with Gasteiger partial charge in [-0.3, -0.25) is 9.98 Å². The van der Waals surface area contributed by atoms with Crippen LogP contribution in [0.4, 0.5) is 0 Å². The van der Waals surface area contributed by atoms with E-state index in [1.165, 1.54) is 0 Å². The molecule has 2 nitrogen and oxygen atoms in total. The summed E-state index contributed by atoms with van der Waals surface area (Å²) in [6.45, 7) is 4.05. The summed E-state index contributed by atoms with van der Waals surface area (Å²) < 4.78 is 0. The fourth-order valence-electron chi connectivity index (χ4n) is 2.40. The van der Waals surface area contributed by atoms with Gasteiger partial charge >= 0.3 is 0 Å². The maximum Gasteiger partial charge on any atom is 0.0588 e. The third-order valence-corrected chi connectivity index (χ3v) is 3.68. The van der Waals surface area contributed by atoms with E-state index in [1.807, 2.05) is 50.2 Å². The van der Waals surface area contributed by atoms with Crippen LogP contribution in [-0.4, -0.2) is 11.4 Å². The first-order chi connectivity index (χ1) is 10.2. The molecule has 0 radical (unpaired) electrons. The summed E-state index contributed by atoms with van der Waals surface area (Å²) in [5.41, 5.74) is 6.45. The molecule has 1 aliphatic heterocycles. The maximum atomic E-state index is 4.78. The highest BCUT2D eigenvalue weighted by molar-refractivity contribution is 6.18. The molecular formula is C19H18N2. The highest BCUT2D eigenvalue weighted by atomic mass is 14.9. The van der Waals surface area contributed by atoms with Crippen LogP contribution in [0.2, 0.25) is 0 Å². The van der Waals surface area contributed by atoms with Crippen molar-refractivity contribution in [1.82, 2.24) is 0 Å². The highest BCUT2D eigenvalue weighted by Gasteiger charge is 2.14. The summed E-state index contributed by atoms with van der Waals surface area (Å²) in [5.74, 6) is 0. The molecule has 0 amide bonds. The van der Waals surface area contributed by atoms with Crippen molar-refractivity contribution in [1.29, 1.82) is 0 Å². The van der Waals surface area contributed by atoms with Gasteiger partial charge in [0.25, 0.3) is 0 Å². The van der Waals surface area contributed by atoms with E-state index < -0.39 is 0 Å². The summed E-state index contributed by atoms with van der Waals surface area (Å²) >= 11 is 0. The Morgan fingerprint density at radius 3 is 1.38 bits per heavy atom. The second-order valence-corrected chi connectivity index (χ2v) is 5.20. The monoisotopic (exact) mass is 274 g/mol. The number of aliphatic imine (C=N–C) groups is 2. The minimum absolute atomic E-state index is 0.753. The van der Waals surface area contributed by atoms with E-state index in [4.69, 9.17) is 9.98 Å². The molecule has 21 heavy (non-hydrogen) atoms. The van der Waals surface area contributed by atoms with Crippen molar-refractivity contribution < 1.29 is 0 Å². The van der Waals surface area contributed by atoms with Crippen molar-refractivity contribution in [2.75, 3.05) is 0 Å². The Bertz CT molecular complexity index is 659. The third kappa shape index (κ3) is 3.00. The number of benzene rings is 2. The Labute approximate surface area is 125 Å². The lowest BCUT2D eigenvalue weighted by molar-refractivity contribution is 1.16. The van der Waals surface area contributed by atoms with Gasteiger partial charge < -0.3 is 0 Å². The lowest BCUT2D eigenvalue weighted by Gasteiger charge is -2.08. The molecule has 0 aromatic heterocycles. The van der Waals surface area contributed by atoms with Gasteiger partial charge in [0.2, 0.25) is 0 Å². The molecule has 0 bridgehead atoms. The zero-order chi connectivity index (χ0) is 14.7. The van der Waals surface area contributed by atoms with Crippen molar-refractivity contribution in [3.05, 3.63) is 83.2 Å². The van der Waals surface area contributed by atoms with Crippen LogP contribution in [0.1, 0.15) is 31.4 Å². The molecule has 0 spiro atoms. The standard InChI is InChI=1S/C19H18N2/c1-14-15(2)21-19(17-11-7-4-8-12-17)13-18(20-14)16-9-5-3-6-10-16/h3-12H,13H2,1-2H3. The van der Waals surface area contributed by atoms with Crippen LogP contribution in [0.25, 0.3) is 0 Å². The molecule has 104 valence electrons. The predicted molar refractivity (Wildman–Crippen MR) is 88.9 cm³/mol. The molecule has 0 unspecified atom stereocenters. The predicted octanol–water partition coefficient (Wildman–Crippen LogP) is 4.62. The van der Waals surface area contributed by atoms with Crippen LogP contribution >= 0.6 is 0 Å². The fourth-order valence-corrected chi connectivity index (χ4v) is 2.40. The smallest absolute Gasteiger partial charge is 0.0588 e. The van der Waals surface area contributed by atoms with Crippen LogP contribution in [0.3, 0.4) is 0 Å². The molecule has 0 aliphatic carbocycles. The number of hydrogen-bond acceptors (Lipinski definition) is 2. The second kappa shape index (κ2) is 5.88. The summed E-state index contributed by atoms with van der Waals surface area (Å²) in [6, 6.07) is 20.7. The van der Waals surface area contributed by atoms with Crippen LogP contribution in [0, 0.1) is 0 Å². The zero-order valence-corrected chi connectivity index (χ0v) is 12.4. The van der Waals surface area contributed by atoms with Gasteiger partial charge in [-0.2, -0.15) is 0 Å². The van der Waals surface area contributed by atoms with E-state index in [1.54, 1.807) is 0 Å². The average molecular weight is 274 g/mol. The highest BCUT2D eigenvalue weighted by Crippen LogP contribution is 2.20. The molecule has 0 saturated heterocycles. The van der Waals surface area contributed by atoms with Gasteiger partial charge in [0.15, 0.2) is 0 Å². The topological polar surface area (TPSA) is 24.7 Å². The van der Waals surface area contributed by atoms with Gasteiger partial charge in [0, 0.05) is 6.42 Å². The molecule has 1 heterocycles. The number of rotatable bonds is 2. The van der Waals surface area contributed by atoms with Crippen molar-refractivity contribution >= 4 is 11.4 Å². The minimum Gasteiger partial charge on any atom is -0.255 e. The Morgan fingerprint density at radius 1 is 0.619 bits per heavy atom. The molecule has 1 aliphatic rings. The molecule has 3 rings (SSSR count). The molecule has 0 atom stereocenters. The molecule has 2 heteroatoms. The van der Waals surface area contributed by atoms with Crippen LogP contribution in [0.5, 0.6) is 0 Å². The quantitative estimate of drug-likeness (QED) is 0.763. The first kappa shape index (κ1) is 13.5. The molecule has 2 aromatic carbocycles. The van der Waals surface area contributed by atoms with Crippen molar-refractivity contribution in [2.45, 2.75) is 20.3 Å². The van der Waals surface area contributed by atoms with Gasteiger partial charge in [-0.05, 0) is 25.0 Å². The fraction of sp³-hybridized carbons (Fsp3) is 0.158. The Morgan fingerprint density at radius 2 is 1.00 bits per heavy atom. The average Bonchev–Trinajstić information content (AvgIpc) is 2.69. The van der Waals surface area contributed by atoms with Crippen LogP contribution in [-0.2, 0) is 0 Å². The largest absolute Gasteiger partial charge is 0.255 e. The minimum atomic E-state index is 0.753. The SMILES string of the molecule is CC1=C(C)N=C(c2ccccc2)CC(c2ccccc2)=N1. The molecular weight excluding hydrogens is 256 g/mol. The van der Waals surface area contributed by atoms with Gasteiger partial charge in [0.05, 0.1) is 22.8 Å². The van der Waals surface area contributed by atoms with Gasteiger partial charge in [-0.1, -0.05) is 60.7 Å². The summed E-state index contributed by atoms with van der Waals surface area (Å²) in [4.78, 5) is 9.57. The number of hydrogen-bond donors (Lipinski definition) is 0. The first-order valence-corrected chi connectivity index (χ1v) is 7.17. The van der Waals surface area contributed by atoms with Crippen molar-refractivity contribution in [3.63, 3.8) is 0 Å². The Kier molecular flexibility index (Phi) is 3.78. The van der Waals surface area contributed by atoms with E-state index in [-0.39, 0.29) is 0 Å². The lowest BCUT2D eigenvalue weighted by atomic mass is 10.00. The summed E-state index contributed by atoms with van der Waals surface area (Å²) in [7, 11) is 0. The molecule has 0 saturated carbocycles. The Hall–Kier alpha value is -2.48. The molecule has 0 N–H and O–H groups in total. The maximum absolute atomic E-state index is 4.78. The van der Waals surface area contributed by atoms with Gasteiger partial charge in [0.1, 0.15) is 0 Å². The second-order valence-electron chi connectivity index (χ2n) is 5.20. The lowest BCUT2D eigenvalue weighted by Crippen LogP contribution is -2.10. The van der Waals surface area contributed by atoms with E-state index in [0.29, 0.717) is 0 Å². The number of allylic oxidation sites excluding steroid dienone is 2. The first-order valence-electron chi connectivity index (χ1n) is 7.17. The van der Waals surface area contributed by atoms with E-state index in [9.17, 15) is 0 Å². The molecule has 2 aromatic rings. The van der Waals surface area contributed by atoms with Crippen molar-refractivity contribution in [3.8, 4) is 0 Å². The zero-order valence-electron chi connectivity index (χ0n) is 12.4. The normalized spacial score (nSPS) is 15.3. The Balaban J connectivity index is 2.06. The van der Waals surface area contributed by atoms with Crippen LogP contribution in [0.15, 0.2) is 82.0 Å². The van der Waals surface area contributed by atoms with Crippen molar-refractivity contribution in [2.24, 2.45) is 9.98 Å². The summed E-state index contributed by atoms with van der Waals surface area (Å²) in [5, 5.41) is 0. The van der Waals surface area contributed by atoms with Gasteiger partial charge in [-0.25, -0.2) is 0 Å². The summed E-state index contributed by atoms with van der Waals surface area (Å²) in [6.07, 6.45) is 0.753.